The molecule has 0 bridgehead atoms. The van der Waals surface area contributed by atoms with Crippen molar-refractivity contribution >= 4 is 55.7 Å². The van der Waals surface area contributed by atoms with Crippen molar-refractivity contribution in [1.29, 1.82) is 0 Å². The Balaban J connectivity index is 1.80. The number of hydrogen-bond acceptors (Lipinski definition) is 8. The van der Waals surface area contributed by atoms with Gasteiger partial charge in [-0.2, -0.15) is 0 Å². The molecule has 4 rings (SSSR count). The first-order valence-corrected chi connectivity index (χ1v) is 11.5. The van der Waals surface area contributed by atoms with E-state index < -0.39 is 24.0 Å². The Morgan fingerprint density at radius 1 is 1.18 bits per heavy atom. The average molecular weight is 483 g/mol. The summed E-state index contributed by atoms with van der Waals surface area (Å²) in [6.45, 7) is 4.57. The fourth-order valence-electron chi connectivity index (χ4n) is 3.41. The van der Waals surface area contributed by atoms with Crippen molar-refractivity contribution in [3.05, 3.63) is 61.7 Å². The highest BCUT2D eigenvalue weighted by Crippen LogP contribution is 2.26. The highest BCUT2D eigenvalue weighted by molar-refractivity contribution is 7.18. The minimum Gasteiger partial charge on any atom is -0.478 e. The smallest absolute Gasteiger partial charge is 0.337 e. The van der Waals surface area contributed by atoms with Crippen LogP contribution in [0.25, 0.3) is 21.6 Å². The van der Waals surface area contributed by atoms with Crippen LogP contribution in [0.2, 0.25) is 0 Å². The fourth-order valence-corrected chi connectivity index (χ4v) is 5.19. The minimum atomic E-state index is -1.24. The lowest BCUT2D eigenvalue weighted by molar-refractivity contribution is -0.116. The molecule has 1 aromatic carbocycles. The van der Waals surface area contributed by atoms with E-state index in [-0.39, 0.29) is 32.5 Å². The van der Waals surface area contributed by atoms with E-state index in [9.17, 15) is 24.3 Å². The SMILES string of the molecule is CC(=O)c1sc(NC(=O)Cn2c(-c3cccc(C)c3)nc3scc(C(=O)O)c3c2=O)nc1C. The Labute approximate surface area is 195 Å². The largest absolute Gasteiger partial charge is 0.478 e. The predicted octanol–water partition coefficient (Wildman–Crippen LogP) is 3.74. The van der Waals surface area contributed by atoms with Gasteiger partial charge in [-0.25, -0.2) is 14.8 Å². The summed E-state index contributed by atoms with van der Waals surface area (Å²) in [4.78, 5) is 58.9. The van der Waals surface area contributed by atoms with Gasteiger partial charge in [0.25, 0.3) is 5.56 Å². The van der Waals surface area contributed by atoms with Crippen molar-refractivity contribution in [2.75, 3.05) is 5.32 Å². The van der Waals surface area contributed by atoms with Crippen LogP contribution in [0.3, 0.4) is 0 Å². The number of rotatable bonds is 6. The van der Waals surface area contributed by atoms with E-state index in [4.69, 9.17) is 0 Å². The summed E-state index contributed by atoms with van der Waals surface area (Å²) in [7, 11) is 0. The summed E-state index contributed by atoms with van der Waals surface area (Å²) < 4.78 is 1.16. The first kappa shape index (κ1) is 22.5. The van der Waals surface area contributed by atoms with Gasteiger partial charge >= 0.3 is 5.97 Å². The molecule has 1 amide bonds. The lowest BCUT2D eigenvalue weighted by Crippen LogP contribution is -2.30. The van der Waals surface area contributed by atoms with E-state index in [2.05, 4.69) is 15.3 Å². The van der Waals surface area contributed by atoms with Crippen molar-refractivity contribution < 1.29 is 19.5 Å². The zero-order valence-corrected chi connectivity index (χ0v) is 19.5. The number of amides is 1. The van der Waals surface area contributed by atoms with E-state index in [1.165, 1.54) is 12.3 Å². The zero-order chi connectivity index (χ0) is 23.9. The Bertz CT molecular complexity index is 1500. The second-order valence-electron chi connectivity index (χ2n) is 7.37. The number of aryl methyl sites for hydroxylation is 2. The van der Waals surface area contributed by atoms with Gasteiger partial charge in [-0.15, -0.1) is 11.3 Å². The molecule has 0 aliphatic rings. The van der Waals surface area contributed by atoms with Crippen molar-refractivity contribution in [3.8, 4) is 11.4 Å². The molecular weight excluding hydrogens is 464 g/mol. The summed E-state index contributed by atoms with van der Waals surface area (Å²) in [6, 6.07) is 7.30. The van der Waals surface area contributed by atoms with Gasteiger partial charge < -0.3 is 10.4 Å². The number of aromatic nitrogens is 3. The molecule has 2 N–H and O–H groups in total. The average Bonchev–Trinajstić information content (AvgIpc) is 3.33. The number of carboxylic acid groups (broad SMARTS) is 1. The Morgan fingerprint density at radius 2 is 1.94 bits per heavy atom. The van der Waals surface area contributed by atoms with Crippen molar-refractivity contribution in [1.82, 2.24) is 14.5 Å². The number of benzene rings is 1. The molecule has 11 heteroatoms. The molecule has 0 radical (unpaired) electrons. The standard InChI is InChI=1S/C22H18N4O5S2/c1-10-5-4-6-13(7-10)18-25-19-16(14(9-32-19)21(30)31)20(29)26(18)8-15(28)24-22-23-11(2)17(33-22)12(3)27/h4-7,9H,8H2,1-3H3,(H,30,31)(H,23,24,28). The van der Waals surface area contributed by atoms with Gasteiger partial charge in [0.15, 0.2) is 10.9 Å². The number of Topliss-reactive ketones (excluding diaryl/α,β-unsaturated/α-hetero) is 1. The third-order valence-electron chi connectivity index (χ3n) is 4.86. The van der Waals surface area contributed by atoms with Crippen LogP contribution in [0.4, 0.5) is 5.13 Å². The summed E-state index contributed by atoms with van der Waals surface area (Å²) in [5.74, 6) is -1.70. The summed E-state index contributed by atoms with van der Waals surface area (Å²) >= 11 is 2.11. The maximum atomic E-state index is 13.4. The summed E-state index contributed by atoms with van der Waals surface area (Å²) in [5.41, 5.74) is 1.29. The maximum Gasteiger partial charge on any atom is 0.337 e. The molecule has 0 unspecified atom stereocenters. The first-order chi connectivity index (χ1) is 15.7. The molecule has 3 aromatic heterocycles. The maximum absolute atomic E-state index is 13.4. The lowest BCUT2D eigenvalue weighted by Gasteiger charge is -2.13. The molecule has 0 aliphatic carbocycles. The second-order valence-corrected chi connectivity index (χ2v) is 9.23. The quantitative estimate of drug-likeness (QED) is 0.400. The molecule has 168 valence electrons. The van der Waals surface area contributed by atoms with Crippen LogP contribution in [-0.4, -0.2) is 37.3 Å². The molecular formula is C22H18N4O5S2. The number of anilines is 1. The molecule has 3 heterocycles. The first-order valence-electron chi connectivity index (χ1n) is 9.76. The molecule has 4 aromatic rings. The van der Waals surface area contributed by atoms with Crippen molar-refractivity contribution in [2.45, 2.75) is 27.3 Å². The van der Waals surface area contributed by atoms with E-state index in [0.29, 0.717) is 16.1 Å². The van der Waals surface area contributed by atoms with Gasteiger partial charge in [-0.3, -0.25) is 19.0 Å². The number of nitrogens with one attached hydrogen (secondary N) is 1. The molecule has 0 saturated carbocycles. The molecule has 0 atom stereocenters. The van der Waals surface area contributed by atoms with Crippen LogP contribution in [0.1, 0.15) is 38.2 Å². The van der Waals surface area contributed by atoms with Crippen LogP contribution in [0, 0.1) is 13.8 Å². The van der Waals surface area contributed by atoms with Crippen LogP contribution in [0.15, 0.2) is 34.4 Å². The lowest BCUT2D eigenvalue weighted by atomic mass is 10.1. The number of nitrogens with zero attached hydrogens (tertiary/aromatic N) is 3. The number of thiazole rings is 1. The van der Waals surface area contributed by atoms with E-state index in [1.54, 1.807) is 13.0 Å². The third kappa shape index (κ3) is 4.32. The number of carbonyl (C=O) groups is 3. The fraction of sp³-hybridized carbons (Fsp3) is 0.182. The zero-order valence-electron chi connectivity index (χ0n) is 17.8. The summed E-state index contributed by atoms with van der Waals surface area (Å²) in [5, 5.41) is 13.7. The highest BCUT2D eigenvalue weighted by atomic mass is 32.1. The number of carbonyl (C=O) groups excluding carboxylic acids is 2. The summed E-state index contributed by atoms with van der Waals surface area (Å²) in [6.07, 6.45) is 0. The van der Waals surface area contributed by atoms with E-state index in [1.807, 2.05) is 25.1 Å². The van der Waals surface area contributed by atoms with Gasteiger partial charge in [0.1, 0.15) is 17.2 Å². The number of fused-ring (bicyclic) bond motifs is 1. The molecule has 33 heavy (non-hydrogen) atoms. The van der Waals surface area contributed by atoms with Crippen molar-refractivity contribution in [3.63, 3.8) is 0 Å². The molecule has 0 aliphatic heterocycles. The van der Waals surface area contributed by atoms with Gasteiger partial charge in [0.05, 0.1) is 21.5 Å². The van der Waals surface area contributed by atoms with Gasteiger partial charge in [-0.05, 0) is 19.9 Å². The number of hydrogen-bond donors (Lipinski definition) is 2. The molecule has 0 saturated heterocycles. The van der Waals surface area contributed by atoms with Crippen LogP contribution in [-0.2, 0) is 11.3 Å². The Morgan fingerprint density at radius 3 is 2.58 bits per heavy atom. The minimum absolute atomic E-state index is 0.0411. The monoisotopic (exact) mass is 482 g/mol. The van der Waals surface area contributed by atoms with Gasteiger partial charge in [0.2, 0.25) is 5.91 Å². The third-order valence-corrected chi connectivity index (χ3v) is 6.91. The van der Waals surface area contributed by atoms with Crippen LogP contribution >= 0.6 is 22.7 Å². The number of aromatic carboxylic acids is 1. The van der Waals surface area contributed by atoms with Gasteiger partial charge in [0, 0.05) is 17.9 Å². The number of carboxylic acids is 1. The number of thiophene rings is 1. The van der Waals surface area contributed by atoms with Crippen molar-refractivity contribution in [2.24, 2.45) is 0 Å². The number of ketones is 1. The Kier molecular flexibility index (Phi) is 5.91. The predicted molar refractivity (Wildman–Crippen MR) is 126 cm³/mol. The van der Waals surface area contributed by atoms with E-state index in [0.717, 1.165) is 32.8 Å². The molecule has 0 spiro atoms. The normalized spacial score (nSPS) is 11.0. The topological polar surface area (TPSA) is 131 Å². The highest BCUT2D eigenvalue weighted by Gasteiger charge is 2.22. The second kappa shape index (κ2) is 8.68. The van der Waals surface area contributed by atoms with Crippen LogP contribution < -0.4 is 10.9 Å². The molecule has 0 fully saturated rings. The molecule has 9 nitrogen and oxygen atoms in total. The Hall–Kier alpha value is -3.70. The van der Waals surface area contributed by atoms with Crippen LogP contribution in [0.5, 0.6) is 0 Å². The van der Waals surface area contributed by atoms with E-state index >= 15 is 0 Å². The van der Waals surface area contributed by atoms with Gasteiger partial charge in [-0.1, -0.05) is 35.1 Å².